The van der Waals surface area contributed by atoms with Crippen molar-refractivity contribution < 1.29 is 0 Å². The Bertz CT molecular complexity index is 580. The molecule has 0 saturated carbocycles. The number of nitrogens with two attached hydrogens (primary N) is 1. The van der Waals surface area contributed by atoms with Gasteiger partial charge in [0.25, 0.3) is 0 Å². The zero-order valence-corrected chi connectivity index (χ0v) is 11.2. The van der Waals surface area contributed by atoms with Gasteiger partial charge in [-0.25, -0.2) is 0 Å². The fourth-order valence-corrected chi connectivity index (χ4v) is 3.00. The SMILES string of the molecule is Cc1cc(C(N)C2CCCc3cccnc32)ccn1. The highest BCUT2D eigenvalue weighted by Crippen LogP contribution is 2.37. The van der Waals surface area contributed by atoms with Crippen LogP contribution in [0.1, 0.15) is 47.3 Å². The molecule has 0 radical (unpaired) electrons. The average molecular weight is 253 g/mol. The normalized spacial score (nSPS) is 19.8. The summed E-state index contributed by atoms with van der Waals surface area (Å²) in [5, 5.41) is 0. The average Bonchev–Trinajstić information content (AvgIpc) is 2.46. The first-order valence-electron chi connectivity index (χ1n) is 6.87. The highest BCUT2D eigenvalue weighted by Gasteiger charge is 2.27. The second-order valence-electron chi connectivity index (χ2n) is 5.30. The Morgan fingerprint density at radius 1 is 1.26 bits per heavy atom. The number of pyridine rings is 2. The molecule has 2 aromatic heterocycles. The highest BCUT2D eigenvalue weighted by atomic mass is 14.8. The summed E-state index contributed by atoms with van der Waals surface area (Å²) in [6.45, 7) is 2.00. The van der Waals surface area contributed by atoms with E-state index in [1.54, 1.807) is 0 Å². The minimum absolute atomic E-state index is 0.00986. The van der Waals surface area contributed by atoms with Gasteiger partial charge in [-0.2, -0.15) is 0 Å². The number of fused-ring (bicyclic) bond motifs is 1. The van der Waals surface area contributed by atoms with E-state index in [2.05, 4.69) is 22.1 Å². The summed E-state index contributed by atoms with van der Waals surface area (Å²) >= 11 is 0. The molecule has 0 bridgehead atoms. The van der Waals surface area contributed by atoms with Crippen LogP contribution in [0.4, 0.5) is 0 Å². The van der Waals surface area contributed by atoms with E-state index in [1.807, 2.05) is 31.5 Å². The first-order chi connectivity index (χ1) is 9.25. The van der Waals surface area contributed by atoms with Crippen molar-refractivity contribution in [2.75, 3.05) is 0 Å². The Morgan fingerprint density at radius 2 is 2.16 bits per heavy atom. The first-order valence-corrected chi connectivity index (χ1v) is 6.87. The van der Waals surface area contributed by atoms with Crippen molar-refractivity contribution in [3.8, 4) is 0 Å². The Kier molecular flexibility index (Phi) is 3.30. The molecule has 2 heterocycles. The van der Waals surface area contributed by atoms with Gasteiger partial charge in [-0.3, -0.25) is 9.97 Å². The van der Waals surface area contributed by atoms with Gasteiger partial charge in [0.2, 0.25) is 0 Å². The molecule has 3 heteroatoms. The van der Waals surface area contributed by atoms with Crippen LogP contribution in [0.25, 0.3) is 0 Å². The summed E-state index contributed by atoms with van der Waals surface area (Å²) in [4.78, 5) is 8.81. The molecular weight excluding hydrogens is 234 g/mol. The van der Waals surface area contributed by atoms with Gasteiger partial charge < -0.3 is 5.73 Å². The van der Waals surface area contributed by atoms with Crippen molar-refractivity contribution in [1.82, 2.24) is 9.97 Å². The number of hydrogen-bond donors (Lipinski definition) is 1. The molecule has 0 amide bonds. The largest absolute Gasteiger partial charge is 0.323 e. The minimum Gasteiger partial charge on any atom is -0.323 e. The molecule has 2 unspecified atom stereocenters. The standard InChI is InChI=1S/C16H19N3/c1-11-10-13(7-9-18-11)15(17)14-6-2-4-12-5-3-8-19-16(12)14/h3,5,7-10,14-15H,2,4,6,17H2,1H3. The Balaban J connectivity index is 1.95. The molecule has 0 aromatic carbocycles. The van der Waals surface area contributed by atoms with Crippen LogP contribution in [-0.4, -0.2) is 9.97 Å². The lowest BCUT2D eigenvalue weighted by atomic mass is 9.80. The van der Waals surface area contributed by atoms with Gasteiger partial charge in [-0.15, -0.1) is 0 Å². The van der Waals surface area contributed by atoms with Crippen LogP contribution in [0.5, 0.6) is 0 Å². The summed E-state index contributed by atoms with van der Waals surface area (Å²) in [6, 6.07) is 8.31. The molecule has 0 aliphatic heterocycles. The molecule has 2 atom stereocenters. The summed E-state index contributed by atoms with van der Waals surface area (Å²) < 4.78 is 0. The maximum absolute atomic E-state index is 6.49. The van der Waals surface area contributed by atoms with Crippen LogP contribution < -0.4 is 5.73 Å². The van der Waals surface area contributed by atoms with Crippen LogP contribution in [-0.2, 0) is 6.42 Å². The monoisotopic (exact) mass is 253 g/mol. The van der Waals surface area contributed by atoms with Crippen LogP contribution >= 0.6 is 0 Å². The fraction of sp³-hybridized carbons (Fsp3) is 0.375. The van der Waals surface area contributed by atoms with Gasteiger partial charge in [-0.1, -0.05) is 6.07 Å². The predicted molar refractivity (Wildman–Crippen MR) is 75.8 cm³/mol. The summed E-state index contributed by atoms with van der Waals surface area (Å²) in [5.41, 5.74) is 11.2. The van der Waals surface area contributed by atoms with Crippen molar-refractivity contribution in [3.63, 3.8) is 0 Å². The molecule has 1 aliphatic carbocycles. The lowest BCUT2D eigenvalue weighted by Crippen LogP contribution is -2.24. The van der Waals surface area contributed by atoms with Crippen molar-refractivity contribution in [3.05, 3.63) is 59.2 Å². The summed E-state index contributed by atoms with van der Waals surface area (Å²) in [5.74, 6) is 0.326. The van der Waals surface area contributed by atoms with Crippen molar-refractivity contribution in [2.45, 2.75) is 38.1 Å². The van der Waals surface area contributed by atoms with E-state index in [1.165, 1.54) is 17.7 Å². The van der Waals surface area contributed by atoms with E-state index in [0.717, 1.165) is 24.1 Å². The van der Waals surface area contributed by atoms with Crippen molar-refractivity contribution in [2.24, 2.45) is 5.73 Å². The number of hydrogen-bond acceptors (Lipinski definition) is 3. The van der Waals surface area contributed by atoms with E-state index < -0.39 is 0 Å². The Labute approximate surface area is 113 Å². The first kappa shape index (κ1) is 12.3. The van der Waals surface area contributed by atoms with E-state index >= 15 is 0 Å². The number of aromatic nitrogens is 2. The molecule has 2 N–H and O–H groups in total. The van der Waals surface area contributed by atoms with E-state index in [-0.39, 0.29) is 6.04 Å². The van der Waals surface area contributed by atoms with Crippen LogP contribution in [0.15, 0.2) is 36.7 Å². The zero-order valence-electron chi connectivity index (χ0n) is 11.2. The van der Waals surface area contributed by atoms with Gasteiger partial charge in [0.1, 0.15) is 0 Å². The molecule has 0 spiro atoms. The van der Waals surface area contributed by atoms with Crippen LogP contribution in [0.3, 0.4) is 0 Å². The number of rotatable bonds is 2. The molecular formula is C16H19N3. The van der Waals surface area contributed by atoms with Crippen molar-refractivity contribution in [1.29, 1.82) is 0 Å². The maximum Gasteiger partial charge on any atom is 0.0485 e. The summed E-state index contributed by atoms with van der Waals surface area (Å²) in [7, 11) is 0. The van der Waals surface area contributed by atoms with Gasteiger partial charge in [0.05, 0.1) is 0 Å². The molecule has 1 aliphatic rings. The van der Waals surface area contributed by atoms with E-state index in [4.69, 9.17) is 5.73 Å². The lowest BCUT2D eigenvalue weighted by molar-refractivity contribution is 0.462. The molecule has 0 fully saturated rings. The molecule has 19 heavy (non-hydrogen) atoms. The fourth-order valence-electron chi connectivity index (χ4n) is 3.00. The molecule has 98 valence electrons. The number of nitrogens with zero attached hydrogens (tertiary/aromatic N) is 2. The highest BCUT2D eigenvalue weighted by molar-refractivity contribution is 5.31. The van der Waals surface area contributed by atoms with E-state index in [0.29, 0.717) is 5.92 Å². The third kappa shape index (κ3) is 2.38. The zero-order chi connectivity index (χ0) is 13.2. The van der Waals surface area contributed by atoms with Crippen LogP contribution in [0.2, 0.25) is 0 Å². The maximum atomic E-state index is 6.49. The van der Waals surface area contributed by atoms with Crippen LogP contribution in [0, 0.1) is 6.92 Å². The second-order valence-corrected chi connectivity index (χ2v) is 5.30. The molecule has 3 rings (SSSR count). The minimum atomic E-state index is 0.00986. The number of aryl methyl sites for hydroxylation is 2. The Hall–Kier alpha value is -1.74. The van der Waals surface area contributed by atoms with Gasteiger partial charge in [0, 0.05) is 35.7 Å². The Morgan fingerprint density at radius 3 is 3.00 bits per heavy atom. The third-order valence-electron chi connectivity index (χ3n) is 3.98. The topological polar surface area (TPSA) is 51.8 Å². The molecule has 0 saturated heterocycles. The van der Waals surface area contributed by atoms with Crippen molar-refractivity contribution >= 4 is 0 Å². The summed E-state index contributed by atoms with van der Waals surface area (Å²) in [6.07, 6.45) is 7.16. The quantitative estimate of drug-likeness (QED) is 0.895. The predicted octanol–water partition coefficient (Wildman–Crippen LogP) is 2.90. The van der Waals surface area contributed by atoms with Gasteiger partial charge in [0.15, 0.2) is 0 Å². The molecule has 2 aromatic rings. The third-order valence-corrected chi connectivity index (χ3v) is 3.98. The second kappa shape index (κ2) is 5.10. The lowest BCUT2D eigenvalue weighted by Gasteiger charge is -2.29. The van der Waals surface area contributed by atoms with Gasteiger partial charge >= 0.3 is 0 Å². The van der Waals surface area contributed by atoms with Gasteiger partial charge in [-0.05, 0) is 55.5 Å². The van der Waals surface area contributed by atoms with E-state index in [9.17, 15) is 0 Å². The molecule has 3 nitrogen and oxygen atoms in total. The smallest absolute Gasteiger partial charge is 0.0485 e.